The summed E-state index contributed by atoms with van der Waals surface area (Å²) >= 11 is 0. The van der Waals surface area contributed by atoms with Crippen molar-refractivity contribution in [3.63, 3.8) is 0 Å². The summed E-state index contributed by atoms with van der Waals surface area (Å²) in [6, 6.07) is 7.21. The molecule has 3 atom stereocenters. The van der Waals surface area contributed by atoms with E-state index in [-0.39, 0.29) is 18.0 Å². The van der Waals surface area contributed by atoms with Gasteiger partial charge in [-0.25, -0.2) is 4.39 Å². The van der Waals surface area contributed by atoms with E-state index >= 15 is 0 Å². The van der Waals surface area contributed by atoms with Gasteiger partial charge >= 0.3 is 0 Å². The molecular weight excluding hydrogens is 229 g/mol. The first-order chi connectivity index (χ1) is 8.72. The first kappa shape index (κ1) is 13.5. The summed E-state index contributed by atoms with van der Waals surface area (Å²) in [5.74, 6) is 0.423. The second-order valence-electron chi connectivity index (χ2n) is 5.06. The molecule has 1 fully saturated rings. The van der Waals surface area contributed by atoms with Crippen molar-refractivity contribution in [1.82, 2.24) is 5.32 Å². The Bertz CT molecular complexity index is 383. The van der Waals surface area contributed by atoms with Crippen LogP contribution in [0.2, 0.25) is 0 Å². The molecule has 0 bridgehead atoms. The zero-order chi connectivity index (χ0) is 13.0. The van der Waals surface area contributed by atoms with Gasteiger partial charge < -0.3 is 10.1 Å². The molecule has 1 aromatic rings. The lowest BCUT2D eigenvalue weighted by Crippen LogP contribution is -2.43. The van der Waals surface area contributed by atoms with E-state index in [2.05, 4.69) is 19.2 Å². The maximum Gasteiger partial charge on any atom is 0.126 e. The zero-order valence-electron chi connectivity index (χ0n) is 11.2. The molecule has 100 valence electrons. The lowest BCUT2D eigenvalue weighted by Gasteiger charge is -2.27. The summed E-state index contributed by atoms with van der Waals surface area (Å²) in [6.07, 6.45) is 1.99. The molecule has 3 unspecified atom stereocenters. The molecule has 3 heteroatoms. The summed E-state index contributed by atoms with van der Waals surface area (Å²) in [6.45, 7) is 5.99. The predicted molar refractivity (Wildman–Crippen MR) is 71.1 cm³/mol. The van der Waals surface area contributed by atoms with E-state index in [0.717, 1.165) is 25.1 Å². The number of likely N-dealkylation sites (N-methyl/N-ethyl adjacent to an activating group) is 1. The van der Waals surface area contributed by atoms with Crippen molar-refractivity contribution in [1.29, 1.82) is 0 Å². The third-order valence-corrected chi connectivity index (χ3v) is 3.70. The maximum atomic E-state index is 13.7. The Hall–Kier alpha value is -0.930. The van der Waals surface area contributed by atoms with Crippen LogP contribution in [0, 0.1) is 11.7 Å². The van der Waals surface area contributed by atoms with Gasteiger partial charge in [0.2, 0.25) is 0 Å². The largest absolute Gasteiger partial charge is 0.376 e. The molecule has 0 radical (unpaired) electrons. The monoisotopic (exact) mass is 251 g/mol. The molecule has 0 spiro atoms. The van der Waals surface area contributed by atoms with Gasteiger partial charge in [-0.1, -0.05) is 32.0 Å². The molecule has 1 aliphatic rings. The molecule has 1 N–H and O–H groups in total. The lowest BCUT2D eigenvalue weighted by molar-refractivity contribution is 0.0613. The molecule has 1 aromatic carbocycles. The van der Waals surface area contributed by atoms with Crippen LogP contribution in [-0.4, -0.2) is 25.3 Å². The number of benzene rings is 1. The van der Waals surface area contributed by atoms with E-state index in [1.54, 1.807) is 6.07 Å². The van der Waals surface area contributed by atoms with Crippen LogP contribution in [0.5, 0.6) is 0 Å². The topological polar surface area (TPSA) is 21.3 Å². The molecule has 0 aliphatic carbocycles. The Kier molecular flexibility index (Phi) is 4.72. The Balaban J connectivity index is 2.08. The number of hydrogen-bond donors (Lipinski definition) is 1. The second kappa shape index (κ2) is 6.30. The van der Waals surface area contributed by atoms with E-state index < -0.39 is 0 Å². The smallest absolute Gasteiger partial charge is 0.126 e. The third kappa shape index (κ3) is 3.09. The predicted octanol–water partition coefficient (Wildman–Crippen LogP) is 2.77. The highest BCUT2D eigenvalue weighted by molar-refractivity contribution is 5.19. The molecule has 18 heavy (non-hydrogen) atoms. The number of halogens is 1. The fraction of sp³-hybridized carbons (Fsp3) is 0.600. The molecule has 1 heterocycles. The molecule has 0 aromatic heterocycles. The van der Waals surface area contributed by atoms with E-state index in [1.807, 2.05) is 12.1 Å². The van der Waals surface area contributed by atoms with Crippen molar-refractivity contribution >= 4 is 0 Å². The first-order valence-corrected chi connectivity index (χ1v) is 6.80. The van der Waals surface area contributed by atoms with E-state index in [1.165, 1.54) is 6.07 Å². The van der Waals surface area contributed by atoms with Crippen molar-refractivity contribution in [2.75, 3.05) is 13.2 Å². The van der Waals surface area contributed by atoms with Crippen molar-refractivity contribution < 1.29 is 9.13 Å². The Morgan fingerprint density at radius 1 is 1.44 bits per heavy atom. The summed E-state index contributed by atoms with van der Waals surface area (Å²) in [5.41, 5.74) is 0.770. The molecule has 2 rings (SSSR count). The fourth-order valence-electron chi connectivity index (χ4n) is 2.70. The van der Waals surface area contributed by atoms with E-state index in [0.29, 0.717) is 12.3 Å². The van der Waals surface area contributed by atoms with Crippen molar-refractivity contribution in [3.05, 3.63) is 35.6 Å². The number of nitrogens with one attached hydrogen (secondary N) is 1. The number of hydrogen-bond acceptors (Lipinski definition) is 2. The van der Waals surface area contributed by atoms with Crippen LogP contribution in [-0.2, 0) is 11.2 Å². The van der Waals surface area contributed by atoms with Crippen molar-refractivity contribution in [3.8, 4) is 0 Å². The van der Waals surface area contributed by atoms with Gasteiger partial charge in [-0.15, -0.1) is 0 Å². The van der Waals surface area contributed by atoms with Gasteiger partial charge in [0, 0.05) is 12.6 Å². The highest BCUT2D eigenvalue weighted by Gasteiger charge is 2.31. The van der Waals surface area contributed by atoms with Crippen LogP contribution >= 0.6 is 0 Å². The van der Waals surface area contributed by atoms with E-state index in [4.69, 9.17) is 4.74 Å². The average molecular weight is 251 g/mol. The molecule has 1 aliphatic heterocycles. The van der Waals surface area contributed by atoms with Gasteiger partial charge in [0.25, 0.3) is 0 Å². The van der Waals surface area contributed by atoms with Gasteiger partial charge in [-0.2, -0.15) is 0 Å². The minimum atomic E-state index is -0.119. The molecule has 0 saturated carbocycles. The summed E-state index contributed by atoms with van der Waals surface area (Å²) in [7, 11) is 0. The number of ether oxygens (including phenoxy) is 1. The Morgan fingerprint density at radius 2 is 2.22 bits per heavy atom. The van der Waals surface area contributed by atoms with Gasteiger partial charge in [0.05, 0.1) is 6.10 Å². The SMILES string of the molecule is CCNC(Cc1ccccc1F)C1OCCC1C. The minimum absolute atomic E-state index is 0.119. The highest BCUT2D eigenvalue weighted by Crippen LogP contribution is 2.25. The second-order valence-corrected chi connectivity index (χ2v) is 5.06. The quantitative estimate of drug-likeness (QED) is 0.869. The van der Waals surface area contributed by atoms with Crippen LogP contribution < -0.4 is 5.32 Å². The van der Waals surface area contributed by atoms with Crippen LogP contribution in [0.4, 0.5) is 4.39 Å². The lowest BCUT2D eigenvalue weighted by atomic mass is 9.92. The Labute approximate surface area is 109 Å². The molecular formula is C15H22FNO. The van der Waals surface area contributed by atoms with Crippen LogP contribution in [0.15, 0.2) is 24.3 Å². The zero-order valence-corrected chi connectivity index (χ0v) is 11.2. The summed E-state index contributed by atoms with van der Waals surface area (Å²) in [5, 5.41) is 3.44. The van der Waals surface area contributed by atoms with Gasteiger partial charge in [-0.3, -0.25) is 0 Å². The molecule has 1 saturated heterocycles. The van der Waals surface area contributed by atoms with Crippen molar-refractivity contribution in [2.45, 2.75) is 38.8 Å². The normalized spacial score (nSPS) is 25.3. The molecule has 2 nitrogen and oxygen atoms in total. The Morgan fingerprint density at radius 3 is 2.83 bits per heavy atom. The minimum Gasteiger partial charge on any atom is -0.376 e. The first-order valence-electron chi connectivity index (χ1n) is 6.80. The van der Waals surface area contributed by atoms with Gasteiger partial charge in [0.1, 0.15) is 5.82 Å². The third-order valence-electron chi connectivity index (χ3n) is 3.70. The van der Waals surface area contributed by atoms with Crippen LogP contribution in [0.1, 0.15) is 25.8 Å². The van der Waals surface area contributed by atoms with Crippen molar-refractivity contribution in [2.24, 2.45) is 5.92 Å². The summed E-state index contributed by atoms with van der Waals surface area (Å²) in [4.78, 5) is 0. The van der Waals surface area contributed by atoms with Gasteiger partial charge in [-0.05, 0) is 36.9 Å². The summed E-state index contributed by atoms with van der Waals surface area (Å²) < 4.78 is 19.5. The average Bonchev–Trinajstić information content (AvgIpc) is 2.78. The maximum absolute atomic E-state index is 13.7. The van der Waals surface area contributed by atoms with E-state index in [9.17, 15) is 4.39 Å². The standard InChI is InChI=1S/C15H22FNO/c1-3-17-14(15-11(2)8-9-18-15)10-12-6-4-5-7-13(12)16/h4-7,11,14-15,17H,3,8-10H2,1-2H3. The fourth-order valence-corrected chi connectivity index (χ4v) is 2.70. The van der Waals surface area contributed by atoms with Crippen LogP contribution in [0.3, 0.4) is 0 Å². The highest BCUT2D eigenvalue weighted by atomic mass is 19.1. The molecule has 0 amide bonds. The van der Waals surface area contributed by atoms with Crippen LogP contribution in [0.25, 0.3) is 0 Å². The van der Waals surface area contributed by atoms with Gasteiger partial charge in [0.15, 0.2) is 0 Å². The number of rotatable bonds is 5.